The highest BCUT2D eigenvalue weighted by molar-refractivity contribution is 5.58. The molecule has 0 nitrogen and oxygen atoms in total. The van der Waals surface area contributed by atoms with E-state index in [1.807, 2.05) is 0 Å². The lowest BCUT2D eigenvalue weighted by Gasteiger charge is -1.64. The molecule has 502 valence electrons. The molecule has 0 N–H and O–H groups in total. The Bertz CT molecular complexity index is 8210. The summed E-state index contributed by atoms with van der Waals surface area (Å²) in [6.07, 6.45) is 0. The highest BCUT2D eigenvalue weighted by Crippen LogP contribution is 1.70. The Kier molecular flexibility index (Phi) is 74.9. The lowest BCUT2D eigenvalue weighted by atomic mass is 10.4. The van der Waals surface area contributed by atoms with Crippen LogP contribution in [0.25, 0.3) is 0 Å². The van der Waals surface area contributed by atoms with Crippen molar-refractivity contribution in [3.63, 3.8) is 0 Å². The van der Waals surface area contributed by atoms with Crippen molar-refractivity contribution in [1.29, 1.82) is 0 Å². The van der Waals surface area contributed by atoms with Gasteiger partial charge in [0.25, 0.3) is 0 Å². The van der Waals surface area contributed by atoms with Gasteiger partial charge in [-0.1, -0.05) is 0 Å². The van der Waals surface area contributed by atoms with E-state index >= 15 is 0 Å². The maximum Gasteiger partial charge on any atom is 0 e. The average molecular weight is 1490 g/mol. The van der Waals surface area contributed by atoms with Crippen LogP contribution >= 0.6 is 0 Å². The molecule has 0 aliphatic carbocycles. The molecule has 0 aliphatic rings. The molecular weight excluding hydrogens is 1490 g/mol. The van der Waals surface area contributed by atoms with E-state index in [-0.39, 0.29) is 0 Å². The summed E-state index contributed by atoms with van der Waals surface area (Å²) in [5, 5.41) is 0. The van der Waals surface area contributed by atoms with Crippen LogP contribution in [0.3, 0.4) is 0 Å². The van der Waals surface area contributed by atoms with Gasteiger partial charge in [0, 0.05) is 592 Å². The minimum absolute atomic E-state index is 2.37. The van der Waals surface area contributed by atoms with Crippen molar-refractivity contribution in [3.8, 4) is 722 Å². The Hall–Kier alpha value is -27.1. The van der Waals surface area contributed by atoms with Crippen LogP contribution in [0.15, 0.2) is 0 Å². The molecule has 0 radical (unpaired) electrons. The molecule has 0 fully saturated rings. The maximum atomic E-state index is 3.32. The quantitative estimate of drug-likeness (QED) is 0.250. The Morgan fingerprint density at radius 1 is 0.0403 bits per heavy atom. The van der Waals surface area contributed by atoms with Gasteiger partial charge in [0.15, 0.2) is 0 Å². The van der Waals surface area contributed by atoms with Gasteiger partial charge in [-0.05, 0) is 94.7 Å². The zero-order chi connectivity index (χ0) is 88.3. The first kappa shape index (κ1) is 96.9. The zero-order valence-corrected chi connectivity index (χ0v) is 62.4. The van der Waals surface area contributed by atoms with E-state index in [1.54, 1.807) is 0 Å². The van der Waals surface area contributed by atoms with Gasteiger partial charge < -0.3 is 0 Å². The predicted molar refractivity (Wildman–Crippen MR) is 485 cm³/mol. The summed E-state index contributed by atoms with van der Waals surface area (Å²) in [7, 11) is 0. The third kappa shape index (κ3) is 94.9. The van der Waals surface area contributed by atoms with Crippen LogP contribution in [0, 0.1) is 736 Å². The summed E-state index contributed by atoms with van der Waals surface area (Å²) in [6, 6.07) is 0. The molecule has 0 aromatic carbocycles. The zero-order valence-electron chi connectivity index (χ0n) is 62.4. The van der Waals surface area contributed by atoms with Gasteiger partial charge in [0.1, 0.15) is 0 Å². The van der Waals surface area contributed by atoms with Gasteiger partial charge in [0.05, 0.1) is 0 Å². The van der Waals surface area contributed by atoms with E-state index in [0.29, 0.717) is 0 Å². The minimum atomic E-state index is 2.37. The van der Waals surface area contributed by atoms with Gasteiger partial charge in [-0.2, -0.15) is 13.8 Å². The van der Waals surface area contributed by atoms with Crippen LogP contribution < -0.4 is 0 Å². The largest absolute Gasteiger partial charge is 0.284 e. The lowest BCUT2D eigenvalue weighted by Crippen LogP contribution is -1.57. The van der Waals surface area contributed by atoms with Crippen LogP contribution in [-0.2, 0) is 0 Å². The van der Waals surface area contributed by atoms with Crippen molar-refractivity contribution >= 4 is 0 Å². The second-order valence-electron chi connectivity index (χ2n) is 15.4. The third-order valence-corrected chi connectivity index (χ3v) is 7.61. The highest BCUT2D eigenvalue weighted by Gasteiger charge is 1.69. The fourth-order valence-electron chi connectivity index (χ4n) is 3.78. The van der Waals surface area contributed by atoms with Gasteiger partial charge in [-0.3, -0.25) is 11.8 Å². The van der Waals surface area contributed by atoms with Crippen LogP contribution in [0.1, 0.15) is 0 Å². The smallest absolute Gasteiger partial charge is 0 e. The second-order valence-corrected chi connectivity index (χ2v) is 15.4. The SMILES string of the molecule is [CH2-]C#CC#CC#CC#CC#CC#CC#CC#CC#CC#CC#CC#CC#CC#CC#CC#CC#CC#CC#CC#CC#CC#CC#CC#CC#CC#CC#CC#CC#CC#CC#CC#CC#CC#CC#CC#CC#CC#CC#CC#CC#CC#CC#CC#CC#CC#CC#CC#CC#CC#CC#CC#CC#CC#CC#CC#CC#CC#CC#CC#CC#C[CH2-]. The molecule has 0 aromatic rings. The van der Waals surface area contributed by atoms with Crippen molar-refractivity contribution in [3.05, 3.63) is 13.8 Å². The molecule has 0 heteroatoms. The summed E-state index contributed by atoms with van der Waals surface area (Å²) < 4.78 is 0. The maximum absolute atomic E-state index is 3.32. The van der Waals surface area contributed by atoms with Crippen LogP contribution in [0.4, 0.5) is 0 Å². The summed E-state index contributed by atoms with van der Waals surface area (Å²) in [6.45, 7) is 6.64. The normalized spacial score (nSPS) is 3.97. The molecular formula is C124H4-2. The summed E-state index contributed by atoms with van der Waals surface area (Å²) in [4.78, 5) is 0. The van der Waals surface area contributed by atoms with E-state index in [4.69, 9.17) is 0 Å². The van der Waals surface area contributed by atoms with Gasteiger partial charge in [-0.25, -0.2) is 11.8 Å². The fraction of sp³-hybridized carbons (Fsp3) is 0. The fourth-order valence-corrected chi connectivity index (χ4v) is 3.78. The molecule has 0 aromatic heterocycles. The minimum Gasteiger partial charge on any atom is -0.284 e. The third-order valence-electron chi connectivity index (χ3n) is 7.61. The number of hydrogen-bond acceptors (Lipinski definition) is 0. The van der Waals surface area contributed by atoms with E-state index in [1.165, 1.54) is 0 Å². The molecule has 0 bridgehead atoms. The second kappa shape index (κ2) is 95.9. The van der Waals surface area contributed by atoms with E-state index in [0.717, 1.165) is 0 Å². The van der Waals surface area contributed by atoms with E-state index in [2.05, 4.69) is 736 Å². The molecule has 0 atom stereocenters. The van der Waals surface area contributed by atoms with E-state index < -0.39 is 0 Å². The van der Waals surface area contributed by atoms with Crippen LogP contribution in [-0.4, -0.2) is 0 Å². The van der Waals surface area contributed by atoms with Gasteiger partial charge >= 0.3 is 0 Å². The Morgan fingerprint density at radius 2 is 0.0645 bits per heavy atom. The van der Waals surface area contributed by atoms with Crippen molar-refractivity contribution in [2.75, 3.05) is 0 Å². The topological polar surface area (TPSA) is 0 Å². The summed E-state index contributed by atoms with van der Waals surface area (Å²) in [5.74, 6) is 304. The Labute approximate surface area is 731 Å². The molecule has 0 spiro atoms. The van der Waals surface area contributed by atoms with E-state index in [9.17, 15) is 0 Å². The van der Waals surface area contributed by atoms with Gasteiger partial charge in [-0.15, -0.1) is 11.8 Å². The number of hydrogen-bond donors (Lipinski definition) is 0. The highest BCUT2D eigenvalue weighted by atomic mass is 13.7. The predicted octanol–water partition coefficient (Wildman–Crippen LogP) is 0.862. The first-order valence-electron chi connectivity index (χ1n) is 31.0. The average Bonchev–Trinajstić information content (AvgIpc) is 1.21. The van der Waals surface area contributed by atoms with Crippen LogP contribution in [0.5, 0.6) is 0 Å². The standard InChI is InChI=1S/C124H4/c1-3-5-7-9-11-13-15-17-19-21-23-25-27-29-31-33-35-37-39-41-43-45-47-49-51-53-55-57-59-61-63-65-67-69-71-73-75-77-79-81-83-85-87-89-91-93-95-97-99-101-103-105-107-109-111-113-115-117-119-121-123-124-122-120-118-116-114-112-110-108-106-104-102-100-98-96-94-92-90-88-86-84-82-80-78-76-74-72-70-68-66-64-62-60-58-56-54-52-50-48-46-44-42-40-38-36-34-32-30-28-26-24-22-20-18-16-14-12-10-8-6-4-2/h1-2H2/q-2. The Morgan fingerprint density at radius 3 is 0.0887 bits per heavy atom. The summed E-state index contributed by atoms with van der Waals surface area (Å²) >= 11 is 0. The summed E-state index contributed by atoms with van der Waals surface area (Å²) in [5.41, 5.74) is 0. The van der Waals surface area contributed by atoms with Crippen molar-refractivity contribution < 1.29 is 0 Å². The molecule has 0 heterocycles. The van der Waals surface area contributed by atoms with Gasteiger partial charge in [0.2, 0.25) is 0 Å². The monoisotopic (exact) mass is 1490 g/mol. The van der Waals surface area contributed by atoms with Crippen molar-refractivity contribution in [1.82, 2.24) is 0 Å². The van der Waals surface area contributed by atoms with Crippen LogP contribution in [0.2, 0.25) is 0 Å². The Balaban J connectivity index is 4.65. The van der Waals surface area contributed by atoms with Crippen molar-refractivity contribution in [2.45, 2.75) is 0 Å². The first-order valence-corrected chi connectivity index (χ1v) is 31.0. The molecule has 0 aliphatic heterocycles. The van der Waals surface area contributed by atoms with Crippen molar-refractivity contribution in [2.24, 2.45) is 0 Å². The molecule has 0 saturated carbocycles. The molecule has 0 saturated heterocycles. The number of rotatable bonds is 0. The molecule has 124 heavy (non-hydrogen) atoms. The first-order chi connectivity index (χ1) is 61.9. The molecule has 0 amide bonds. The lowest BCUT2D eigenvalue weighted by molar-refractivity contribution is 2.31. The molecule has 0 rings (SSSR count). The molecule has 0 unspecified atom stereocenters.